The van der Waals surface area contributed by atoms with Gasteiger partial charge in [-0.2, -0.15) is 0 Å². The highest BCUT2D eigenvalue weighted by Crippen LogP contribution is 2.12. The van der Waals surface area contributed by atoms with Gasteiger partial charge in [0.05, 0.1) is 6.42 Å². The maximum Gasteiger partial charge on any atom is 0.303 e. The molecule has 1 aromatic carbocycles. The molecule has 0 bridgehead atoms. The maximum atomic E-state index is 11.6. The van der Waals surface area contributed by atoms with Crippen molar-refractivity contribution in [2.45, 2.75) is 19.3 Å². The summed E-state index contributed by atoms with van der Waals surface area (Å²) in [5, 5.41) is 8.51. The molecule has 0 saturated carbocycles. The van der Waals surface area contributed by atoms with Crippen molar-refractivity contribution in [2.24, 2.45) is 0 Å². The summed E-state index contributed by atoms with van der Waals surface area (Å²) in [6, 6.07) is 7.91. The summed E-state index contributed by atoms with van der Waals surface area (Å²) < 4.78 is 1.01. The van der Waals surface area contributed by atoms with Crippen LogP contribution in [0.15, 0.2) is 28.7 Å². The number of likely N-dealkylation sites (N-methyl/N-ethyl adjacent to an activating group) is 1. The molecule has 1 N–H and O–H groups in total. The van der Waals surface area contributed by atoms with Gasteiger partial charge in [-0.15, -0.1) is 0 Å². The number of hydrogen-bond donors (Lipinski definition) is 1. The van der Waals surface area contributed by atoms with Crippen LogP contribution in [0.5, 0.6) is 0 Å². The van der Waals surface area contributed by atoms with E-state index in [2.05, 4.69) is 15.9 Å². The van der Waals surface area contributed by atoms with E-state index in [9.17, 15) is 9.59 Å². The van der Waals surface area contributed by atoms with Gasteiger partial charge in [-0.05, 0) is 24.1 Å². The first kappa shape index (κ1) is 14.7. The Labute approximate surface area is 115 Å². The minimum atomic E-state index is -0.941. The summed E-state index contributed by atoms with van der Waals surface area (Å²) in [6.45, 7) is 0.592. The number of benzene rings is 1. The zero-order valence-corrected chi connectivity index (χ0v) is 11.8. The van der Waals surface area contributed by atoms with Gasteiger partial charge in [-0.25, -0.2) is 0 Å². The SMILES string of the molecule is CN(CCc1cccc(Br)c1)C(=O)CCC(=O)O. The number of nitrogens with zero attached hydrogens (tertiary/aromatic N) is 1. The molecule has 0 heterocycles. The molecule has 0 unspecified atom stereocenters. The molecular weight excluding hydrogens is 298 g/mol. The third kappa shape index (κ3) is 5.31. The third-order valence-electron chi connectivity index (χ3n) is 2.60. The second kappa shape index (κ2) is 7.16. The first-order valence-corrected chi connectivity index (χ1v) is 6.48. The van der Waals surface area contributed by atoms with Crippen molar-refractivity contribution in [1.29, 1.82) is 0 Å². The van der Waals surface area contributed by atoms with Crippen LogP contribution in [0, 0.1) is 0 Å². The van der Waals surface area contributed by atoms with Crippen LogP contribution in [0.1, 0.15) is 18.4 Å². The van der Waals surface area contributed by atoms with Crippen molar-refractivity contribution in [3.63, 3.8) is 0 Å². The molecule has 1 amide bonds. The van der Waals surface area contributed by atoms with E-state index in [-0.39, 0.29) is 18.7 Å². The number of rotatable bonds is 6. The molecule has 0 aliphatic carbocycles. The number of hydrogen-bond acceptors (Lipinski definition) is 2. The number of amides is 1. The van der Waals surface area contributed by atoms with Gasteiger partial charge in [0, 0.05) is 24.5 Å². The molecule has 98 valence electrons. The van der Waals surface area contributed by atoms with Gasteiger partial charge in [0.15, 0.2) is 0 Å². The number of carboxylic acids is 1. The van der Waals surface area contributed by atoms with E-state index in [0.29, 0.717) is 6.54 Å². The zero-order chi connectivity index (χ0) is 13.5. The largest absolute Gasteiger partial charge is 0.481 e. The third-order valence-corrected chi connectivity index (χ3v) is 3.10. The Hall–Kier alpha value is -1.36. The topological polar surface area (TPSA) is 57.6 Å². The van der Waals surface area contributed by atoms with E-state index in [1.807, 2.05) is 24.3 Å². The molecule has 4 nitrogen and oxygen atoms in total. The van der Waals surface area contributed by atoms with Crippen molar-refractivity contribution in [2.75, 3.05) is 13.6 Å². The van der Waals surface area contributed by atoms with Crippen LogP contribution in [-0.2, 0) is 16.0 Å². The second-order valence-electron chi connectivity index (χ2n) is 4.09. The standard InChI is InChI=1S/C13H16BrNO3/c1-15(12(16)5-6-13(17)18)8-7-10-3-2-4-11(14)9-10/h2-4,9H,5-8H2,1H3,(H,17,18). The predicted octanol–water partition coefficient (Wildman–Crippen LogP) is 2.31. The van der Waals surface area contributed by atoms with Crippen molar-refractivity contribution in [3.8, 4) is 0 Å². The van der Waals surface area contributed by atoms with Gasteiger partial charge in [-0.1, -0.05) is 28.1 Å². The number of carbonyl (C=O) groups excluding carboxylic acids is 1. The fourth-order valence-corrected chi connectivity index (χ4v) is 1.97. The van der Waals surface area contributed by atoms with E-state index in [0.717, 1.165) is 16.5 Å². The first-order valence-electron chi connectivity index (χ1n) is 5.69. The van der Waals surface area contributed by atoms with Crippen LogP contribution < -0.4 is 0 Å². The number of carboxylic acid groups (broad SMARTS) is 1. The van der Waals surface area contributed by atoms with Gasteiger partial charge in [-0.3, -0.25) is 9.59 Å². The highest BCUT2D eigenvalue weighted by Gasteiger charge is 2.10. The Morgan fingerprint density at radius 2 is 2.06 bits per heavy atom. The molecule has 0 aromatic heterocycles. The minimum Gasteiger partial charge on any atom is -0.481 e. The first-order chi connectivity index (χ1) is 8.49. The summed E-state index contributed by atoms with van der Waals surface area (Å²) in [4.78, 5) is 23.5. The molecule has 0 spiro atoms. The Balaban J connectivity index is 2.38. The van der Waals surface area contributed by atoms with Crippen molar-refractivity contribution in [1.82, 2.24) is 4.90 Å². The molecule has 0 saturated heterocycles. The van der Waals surface area contributed by atoms with E-state index >= 15 is 0 Å². The molecule has 0 aliphatic heterocycles. The number of carbonyl (C=O) groups is 2. The Kier molecular flexibility index (Phi) is 5.85. The van der Waals surface area contributed by atoms with Crippen LogP contribution in [0.2, 0.25) is 0 Å². The maximum absolute atomic E-state index is 11.6. The van der Waals surface area contributed by atoms with Crippen molar-refractivity contribution in [3.05, 3.63) is 34.3 Å². The van der Waals surface area contributed by atoms with Gasteiger partial charge in [0.1, 0.15) is 0 Å². The van der Waals surface area contributed by atoms with Crippen LogP contribution in [0.3, 0.4) is 0 Å². The van der Waals surface area contributed by atoms with Crippen LogP contribution in [0.4, 0.5) is 0 Å². The van der Waals surface area contributed by atoms with E-state index in [1.54, 1.807) is 11.9 Å². The molecule has 5 heteroatoms. The average molecular weight is 314 g/mol. The molecule has 0 aliphatic rings. The van der Waals surface area contributed by atoms with Gasteiger partial charge in [0.2, 0.25) is 5.91 Å². The Morgan fingerprint density at radius 1 is 1.33 bits per heavy atom. The molecule has 18 heavy (non-hydrogen) atoms. The van der Waals surface area contributed by atoms with Crippen molar-refractivity contribution < 1.29 is 14.7 Å². The van der Waals surface area contributed by atoms with Crippen LogP contribution in [0.25, 0.3) is 0 Å². The fraction of sp³-hybridized carbons (Fsp3) is 0.385. The fourth-order valence-electron chi connectivity index (χ4n) is 1.52. The van der Waals surface area contributed by atoms with E-state index < -0.39 is 5.97 Å². The summed E-state index contributed by atoms with van der Waals surface area (Å²) >= 11 is 3.39. The summed E-state index contributed by atoms with van der Waals surface area (Å²) in [5.74, 6) is -1.07. The summed E-state index contributed by atoms with van der Waals surface area (Å²) in [5.41, 5.74) is 1.14. The van der Waals surface area contributed by atoms with Crippen molar-refractivity contribution >= 4 is 27.8 Å². The molecule has 1 aromatic rings. The zero-order valence-electron chi connectivity index (χ0n) is 10.2. The highest BCUT2D eigenvalue weighted by molar-refractivity contribution is 9.10. The number of halogens is 1. The van der Waals surface area contributed by atoms with Gasteiger partial charge < -0.3 is 10.0 Å². The smallest absolute Gasteiger partial charge is 0.303 e. The summed E-state index contributed by atoms with van der Waals surface area (Å²) in [6.07, 6.45) is 0.707. The number of aliphatic carboxylic acids is 1. The lowest BCUT2D eigenvalue weighted by Crippen LogP contribution is -2.29. The van der Waals surface area contributed by atoms with Crippen LogP contribution in [-0.4, -0.2) is 35.5 Å². The van der Waals surface area contributed by atoms with E-state index in [1.165, 1.54) is 0 Å². The molecule has 0 fully saturated rings. The molecular formula is C13H16BrNO3. The minimum absolute atomic E-state index is 0.0598. The lowest BCUT2D eigenvalue weighted by atomic mass is 10.1. The second-order valence-corrected chi connectivity index (χ2v) is 5.00. The van der Waals surface area contributed by atoms with Crippen LogP contribution >= 0.6 is 15.9 Å². The molecule has 1 rings (SSSR count). The lowest BCUT2D eigenvalue weighted by Gasteiger charge is -2.16. The summed E-state index contributed by atoms with van der Waals surface area (Å²) in [7, 11) is 1.70. The Morgan fingerprint density at radius 3 is 2.67 bits per heavy atom. The lowest BCUT2D eigenvalue weighted by molar-refractivity contribution is -0.140. The predicted molar refractivity (Wildman–Crippen MR) is 72.4 cm³/mol. The molecule has 0 atom stereocenters. The van der Waals surface area contributed by atoms with E-state index in [4.69, 9.17) is 5.11 Å². The molecule has 0 radical (unpaired) electrons. The normalized spacial score (nSPS) is 10.1. The van der Waals surface area contributed by atoms with Gasteiger partial charge >= 0.3 is 5.97 Å². The van der Waals surface area contributed by atoms with Gasteiger partial charge in [0.25, 0.3) is 0 Å². The average Bonchev–Trinajstić information content (AvgIpc) is 2.33. The Bertz CT molecular complexity index is 434. The highest BCUT2D eigenvalue weighted by atomic mass is 79.9. The monoisotopic (exact) mass is 313 g/mol. The quantitative estimate of drug-likeness (QED) is 0.876.